The van der Waals surface area contributed by atoms with Gasteiger partial charge in [-0.15, -0.1) is 0 Å². The number of unbranched alkanes of at least 4 members (excludes halogenated alkanes) is 3. The van der Waals surface area contributed by atoms with Gasteiger partial charge in [-0.1, -0.05) is 6.42 Å². The molecule has 0 saturated carbocycles. The number of carbonyl (C=O) groups excluding carboxylic acids is 4. The van der Waals surface area contributed by atoms with Crippen molar-refractivity contribution in [3.63, 3.8) is 0 Å². The monoisotopic (exact) mass is 990 g/mol. The van der Waals surface area contributed by atoms with E-state index in [0.717, 1.165) is 0 Å². The summed E-state index contributed by atoms with van der Waals surface area (Å²) in [5, 5.41) is 136. The van der Waals surface area contributed by atoms with Crippen molar-refractivity contribution in [2.45, 2.75) is 156 Å². The largest absolute Gasteiger partial charge is 0.481 e. The van der Waals surface area contributed by atoms with E-state index in [-0.39, 0.29) is 78.1 Å². The summed E-state index contributed by atoms with van der Waals surface area (Å²) >= 11 is 0. The number of carbonyl (C=O) groups is 5. The fourth-order valence-corrected chi connectivity index (χ4v) is 7.27. The molecule has 16 N–H and O–H groups in total. The number of nitrogens with one attached hydrogen (secondary N) is 3. The van der Waals surface area contributed by atoms with E-state index in [2.05, 4.69) is 16.0 Å². The number of hydrogen-bond acceptors (Lipinski definition) is 23. The second-order valence-corrected chi connectivity index (χ2v) is 16.5. The first-order chi connectivity index (χ1) is 32.3. The van der Waals surface area contributed by atoms with E-state index in [0.29, 0.717) is 19.3 Å². The van der Waals surface area contributed by atoms with Gasteiger partial charge in [-0.2, -0.15) is 0 Å². The van der Waals surface area contributed by atoms with E-state index >= 15 is 0 Å². The summed E-state index contributed by atoms with van der Waals surface area (Å²) in [6.07, 6.45) is -22.5. The molecule has 4 amide bonds. The van der Waals surface area contributed by atoms with Crippen LogP contribution in [0.5, 0.6) is 0 Å². The van der Waals surface area contributed by atoms with Gasteiger partial charge in [-0.25, -0.2) is 0 Å². The molecule has 0 aromatic heterocycles. The molecular formula is C40H70N4O24. The highest BCUT2D eigenvalue weighted by molar-refractivity contribution is 5.92. The highest BCUT2D eigenvalue weighted by Crippen LogP contribution is 2.24. The van der Waals surface area contributed by atoms with Gasteiger partial charge in [0.15, 0.2) is 18.9 Å². The van der Waals surface area contributed by atoms with Crippen LogP contribution in [0, 0.1) is 0 Å². The van der Waals surface area contributed by atoms with E-state index in [9.17, 15) is 85.3 Å². The van der Waals surface area contributed by atoms with Crippen molar-refractivity contribution >= 4 is 29.6 Å². The highest BCUT2D eigenvalue weighted by Gasteiger charge is 2.46. The minimum absolute atomic E-state index is 0.0329. The predicted octanol–water partition coefficient (Wildman–Crippen LogP) is -8.42. The smallest absolute Gasteiger partial charge is 0.303 e. The van der Waals surface area contributed by atoms with Gasteiger partial charge in [0.25, 0.3) is 0 Å². The Morgan fingerprint density at radius 1 is 0.500 bits per heavy atom. The maximum Gasteiger partial charge on any atom is 0.303 e. The van der Waals surface area contributed by atoms with Crippen molar-refractivity contribution in [3.8, 4) is 0 Å². The molecule has 0 radical (unpaired) electrons. The summed E-state index contributed by atoms with van der Waals surface area (Å²) in [5.74, 6) is -3.52. The quantitative estimate of drug-likeness (QED) is 0.0297. The van der Waals surface area contributed by atoms with E-state index in [1.54, 1.807) is 0 Å². The first-order valence-corrected chi connectivity index (χ1v) is 22.4. The molecule has 16 atom stereocenters. The van der Waals surface area contributed by atoms with Crippen molar-refractivity contribution < 1.29 is 119 Å². The first kappa shape index (κ1) is 58.9. The fourth-order valence-electron chi connectivity index (χ4n) is 7.27. The zero-order valence-electron chi connectivity index (χ0n) is 37.4. The van der Waals surface area contributed by atoms with E-state index in [1.807, 2.05) is 0 Å². The van der Waals surface area contributed by atoms with Gasteiger partial charge in [0, 0.05) is 45.4 Å². The molecule has 28 nitrogen and oxygen atoms in total. The van der Waals surface area contributed by atoms with Gasteiger partial charge < -0.3 is 116 Å². The van der Waals surface area contributed by atoms with Crippen molar-refractivity contribution in [2.75, 3.05) is 65.8 Å². The molecule has 3 heterocycles. The Morgan fingerprint density at radius 3 is 1.40 bits per heavy atom. The lowest BCUT2D eigenvalue weighted by Crippen LogP contribution is -2.59. The lowest BCUT2D eigenvalue weighted by atomic mass is 9.99. The second-order valence-electron chi connectivity index (χ2n) is 16.5. The molecule has 3 saturated heterocycles. The molecule has 3 fully saturated rings. The summed E-state index contributed by atoms with van der Waals surface area (Å²) in [6, 6.07) is -1.38. The lowest BCUT2D eigenvalue weighted by Gasteiger charge is -2.40. The topological polar surface area (TPSA) is 443 Å². The molecule has 0 aromatic carbocycles. The Balaban J connectivity index is 1.51. The molecule has 3 aliphatic heterocycles. The average molecular weight is 991 g/mol. The van der Waals surface area contributed by atoms with E-state index in [4.69, 9.17) is 33.5 Å². The lowest BCUT2D eigenvalue weighted by molar-refractivity contribution is -0.303. The number of aliphatic hydroxyl groups excluding tert-OH is 12. The molecule has 3 aliphatic rings. The summed E-state index contributed by atoms with van der Waals surface area (Å²) in [4.78, 5) is 64.3. The number of rotatable bonds is 30. The van der Waals surface area contributed by atoms with Crippen LogP contribution < -0.4 is 16.0 Å². The Bertz CT molecular complexity index is 1490. The molecule has 0 aromatic rings. The third-order valence-electron chi connectivity index (χ3n) is 11.3. The Kier molecular flexibility index (Phi) is 26.3. The Labute approximate surface area is 390 Å². The Hall–Kier alpha value is -3.37. The molecule has 0 unspecified atom stereocenters. The third kappa shape index (κ3) is 18.4. The molecular weight excluding hydrogens is 920 g/mol. The van der Waals surface area contributed by atoms with Gasteiger partial charge >= 0.3 is 5.97 Å². The fraction of sp³-hybridized carbons (Fsp3) is 0.875. The van der Waals surface area contributed by atoms with Gasteiger partial charge in [0.1, 0.15) is 79.3 Å². The summed E-state index contributed by atoms with van der Waals surface area (Å²) in [7, 11) is 0. The van der Waals surface area contributed by atoms with E-state index < -0.39 is 154 Å². The maximum absolute atomic E-state index is 13.4. The van der Waals surface area contributed by atoms with Crippen LogP contribution in [0.25, 0.3) is 0 Å². The number of carboxylic acid groups (broad SMARTS) is 1. The van der Waals surface area contributed by atoms with Crippen molar-refractivity contribution in [2.24, 2.45) is 0 Å². The number of ether oxygens (including phenoxy) is 6. The number of carboxylic acids is 1. The average Bonchev–Trinajstić information content (AvgIpc) is 3.31. The number of aliphatic hydroxyl groups is 12. The van der Waals surface area contributed by atoms with E-state index in [1.165, 1.54) is 4.90 Å². The molecule has 394 valence electrons. The zero-order valence-corrected chi connectivity index (χ0v) is 37.4. The van der Waals surface area contributed by atoms with Gasteiger partial charge in [-0.05, 0) is 25.7 Å². The molecule has 28 heteroatoms. The maximum atomic E-state index is 13.4. The van der Waals surface area contributed by atoms with Gasteiger partial charge in [0.2, 0.25) is 23.6 Å². The molecule has 68 heavy (non-hydrogen) atoms. The van der Waals surface area contributed by atoms with Crippen LogP contribution in [0.3, 0.4) is 0 Å². The minimum atomic E-state index is -1.70. The number of nitrogens with zero attached hydrogens (tertiary/aromatic N) is 1. The van der Waals surface area contributed by atoms with Crippen LogP contribution in [0.2, 0.25) is 0 Å². The van der Waals surface area contributed by atoms with Gasteiger partial charge in [-0.3, -0.25) is 24.0 Å². The van der Waals surface area contributed by atoms with Crippen LogP contribution in [-0.4, -0.2) is 265 Å². The van der Waals surface area contributed by atoms with Crippen LogP contribution in [0.1, 0.15) is 57.8 Å². The summed E-state index contributed by atoms with van der Waals surface area (Å²) < 4.78 is 32.4. The molecule has 3 rings (SSSR count). The summed E-state index contributed by atoms with van der Waals surface area (Å²) in [6.45, 7) is -3.34. The van der Waals surface area contributed by atoms with Crippen molar-refractivity contribution in [1.29, 1.82) is 0 Å². The SMILES string of the molecule is O=C(O)CCCCC(=O)N[C@@H](CC(=O)NCCCCCC(=O)N(CCO[C@H]1O[C@H](CO)[C@@H](O)[C@H](O)[C@@H]1O)CCO[C@H]1O[C@H](CO)[C@@H](O)[C@H](O)[C@@H]1O)C(=O)NCCO[C@H]1O[C@H](CO)[C@@H](O)[C@H](O)[C@@H]1O. The zero-order chi connectivity index (χ0) is 50.5. The normalized spacial score (nSPS) is 32.2. The molecule has 0 aliphatic carbocycles. The third-order valence-corrected chi connectivity index (χ3v) is 11.3. The van der Waals surface area contributed by atoms with Crippen LogP contribution in [0.15, 0.2) is 0 Å². The second kappa shape index (κ2) is 30.4. The van der Waals surface area contributed by atoms with Crippen molar-refractivity contribution in [3.05, 3.63) is 0 Å². The van der Waals surface area contributed by atoms with Crippen LogP contribution >= 0.6 is 0 Å². The predicted molar refractivity (Wildman–Crippen MR) is 223 cm³/mol. The molecule has 0 spiro atoms. The highest BCUT2D eigenvalue weighted by atomic mass is 16.7. The molecule has 0 bridgehead atoms. The van der Waals surface area contributed by atoms with Crippen LogP contribution in [-0.2, 0) is 52.4 Å². The Morgan fingerprint density at radius 2 is 0.941 bits per heavy atom. The minimum Gasteiger partial charge on any atom is -0.481 e. The standard InChI is InChI=1S/C40H70N4O24/c45-17-21-28(53)31(56)34(59)38(66-21)63-13-10-42-37(62)20(43-24(48)6-3-4-8-27(51)52)16-25(49)41-9-5-1-2-7-26(50)44(11-14-64-39-35(60)32(57)29(54)22(18-46)67-39)12-15-65-40-36(61)33(58)30(55)23(19-47)68-40/h20-23,28-36,38-40,45-47,53-61H,1-19H2,(H,41,49)(H,42,62)(H,43,48)(H,51,52)/t20-,21+,22+,23+,28+,29+,30+,31-,32-,33-,34-,35-,36-,38-,39-,40-/m0/s1. The number of hydrogen-bond donors (Lipinski definition) is 16. The van der Waals surface area contributed by atoms with Crippen LogP contribution in [0.4, 0.5) is 0 Å². The first-order valence-electron chi connectivity index (χ1n) is 22.4. The van der Waals surface area contributed by atoms with Crippen molar-refractivity contribution in [1.82, 2.24) is 20.9 Å². The van der Waals surface area contributed by atoms with Gasteiger partial charge in [0.05, 0.1) is 46.1 Å². The number of aliphatic carboxylic acids is 1. The number of amides is 4. The summed E-state index contributed by atoms with van der Waals surface area (Å²) in [5.41, 5.74) is 0.